The molecule has 162 valence electrons. The maximum atomic E-state index is 14.0. The Bertz CT molecular complexity index is 664. The first-order valence-corrected chi connectivity index (χ1v) is 11.6. The number of hydrogen-bond acceptors (Lipinski definition) is 3. The van der Waals surface area contributed by atoms with Crippen molar-refractivity contribution in [3.8, 4) is 0 Å². The van der Waals surface area contributed by atoms with E-state index in [9.17, 15) is 9.18 Å². The third-order valence-corrected chi connectivity index (χ3v) is 6.74. The Labute approximate surface area is 179 Å². The van der Waals surface area contributed by atoms with Gasteiger partial charge in [0.25, 0.3) is 0 Å². The van der Waals surface area contributed by atoms with E-state index in [-0.39, 0.29) is 17.6 Å². The summed E-state index contributed by atoms with van der Waals surface area (Å²) in [6.07, 6.45) is 7.91. The predicted molar refractivity (Wildman–Crippen MR) is 117 cm³/mol. The van der Waals surface area contributed by atoms with Gasteiger partial charge in [-0.15, -0.1) is 0 Å². The summed E-state index contributed by atoms with van der Waals surface area (Å²) in [6.45, 7) is 7.56. The van der Waals surface area contributed by atoms with Crippen molar-refractivity contribution in [3.63, 3.8) is 0 Å². The maximum absolute atomic E-state index is 14.0. The SMILES string of the molecule is CC[C@H]1CCCCN1CCCNC(=O)C1CCN(Cc2ccc(Cl)cc2F)CC1. The molecule has 0 unspecified atom stereocenters. The highest BCUT2D eigenvalue weighted by atomic mass is 35.5. The normalized spacial score (nSPS) is 22.0. The van der Waals surface area contributed by atoms with Crippen LogP contribution in [0.25, 0.3) is 0 Å². The first kappa shape index (κ1) is 22.5. The second kappa shape index (κ2) is 11.3. The molecular formula is C23H35ClFN3O. The third kappa shape index (κ3) is 6.66. The molecule has 2 aliphatic rings. The lowest BCUT2D eigenvalue weighted by atomic mass is 9.95. The van der Waals surface area contributed by atoms with Crippen LogP contribution in [0.3, 0.4) is 0 Å². The molecule has 1 amide bonds. The number of hydrogen-bond donors (Lipinski definition) is 1. The maximum Gasteiger partial charge on any atom is 0.223 e. The van der Waals surface area contributed by atoms with Crippen molar-refractivity contribution in [3.05, 3.63) is 34.6 Å². The predicted octanol–water partition coefficient (Wildman–Crippen LogP) is 4.46. The van der Waals surface area contributed by atoms with Crippen molar-refractivity contribution in [1.29, 1.82) is 0 Å². The van der Waals surface area contributed by atoms with Crippen LogP contribution in [-0.2, 0) is 11.3 Å². The molecule has 0 aromatic heterocycles. The molecule has 2 aliphatic heterocycles. The average molecular weight is 424 g/mol. The third-order valence-electron chi connectivity index (χ3n) is 6.51. The summed E-state index contributed by atoms with van der Waals surface area (Å²) < 4.78 is 14.0. The highest BCUT2D eigenvalue weighted by Crippen LogP contribution is 2.22. The minimum absolute atomic E-state index is 0.0830. The van der Waals surface area contributed by atoms with E-state index >= 15 is 0 Å². The molecule has 0 aliphatic carbocycles. The van der Waals surface area contributed by atoms with Crippen molar-refractivity contribution in [2.45, 2.75) is 64.5 Å². The fourth-order valence-electron chi connectivity index (χ4n) is 4.70. The van der Waals surface area contributed by atoms with E-state index in [1.807, 2.05) is 0 Å². The zero-order chi connectivity index (χ0) is 20.6. The minimum atomic E-state index is -0.253. The summed E-state index contributed by atoms with van der Waals surface area (Å²) in [6, 6.07) is 5.58. The van der Waals surface area contributed by atoms with Gasteiger partial charge in [0.2, 0.25) is 5.91 Å². The van der Waals surface area contributed by atoms with Gasteiger partial charge >= 0.3 is 0 Å². The Morgan fingerprint density at radius 2 is 2.00 bits per heavy atom. The van der Waals surface area contributed by atoms with E-state index in [4.69, 9.17) is 11.6 Å². The first-order valence-electron chi connectivity index (χ1n) is 11.2. The van der Waals surface area contributed by atoms with E-state index in [1.54, 1.807) is 12.1 Å². The summed E-state index contributed by atoms with van der Waals surface area (Å²) in [4.78, 5) is 17.3. The molecule has 29 heavy (non-hydrogen) atoms. The number of nitrogens with zero attached hydrogens (tertiary/aromatic N) is 2. The smallest absolute Gasteiger partial charge is 0.223 e. The van der Waals surface area contributed by atoms with Gasteiger partial charge in [-0.05, 0) is 70.3 Å². The number of likely N-dealkylation sites (tertiary alicyclic amines) is 2. The first-order chi connectivity index (χ1) is 14.1. The van der Waals surface area contributed by atoms with Crippen LogP contribution in [0.4, 0.5) is 4.39 Å². The molecule has 0 radical (unpaired) electrons. The van der Waals surface area contributed by atoms with E-state index in [0.29, 0.717) is 17.1 Å². The van der Waals surface area contributed by atoms with E-state index in [1.165, 1.54) is 38.3 Å². The Kier molecular flexibility index (Phi) is 8.76. The van der Waals surface area contributed by atoms with Crippen LogP contribution in [0, 0.1) is 11.7 Å². The van der Waals surface area contributed by atoms with E-state index in [2.05, 4.69) is 22.0 Å². The number of carbonyl (C=O) groups is 1. The van der Waals surface area contributed by atoms with Crippen LogP contribution in [-0.4, -0.2) is 54.5 Å². The second-order valence-electron chi connectivity index (χ2n) is 8.52. The number of carbonyl (C=O) groups excluding carboxylic acids is 1. The summed E-state index contributed by atoms with van der Waals surface area (Å²) >= 11 is 5.82. The van der Waals surface area contributed by atoms with Gasteiger partial charge in [-0.3, -0.25) is 9.69 Å². The molecule has 1 aromatic carbocycles. The molecule has 2 heterocycles. The van der Waals surface area contributed by atoms with Crippen LogP contribution in [0.2, 0.25) is 5.02 Å². The summed E-state index contributed by atoms with van der Waals surface area (Å²) in [5.41, 5.74) is 0.667. The van der Waals surface area contributed by atoms with Gasteiger partial charge in [0.05, 0.1) is 0 Å². The van der Waals surface area contributed by atoms with Gasteiger partial charge in [0.15, 0.2) is 0 Å². The average Bonchev–Trinajstić information content (AvgIpc) is 2.74. The monoisotopic (exact) mass is 423 g/mol. The Morgan fingerprint density at radius 3 is 2.72 bits per heavy atom. The molecule has 2 saturated heterocycles. The lowest BCUT2D eigenvalue weighted by Crippen LogP contribution is -2.42. The number of amides is 1. The van der Waals surface area contributed by atoms with Gasteiger partial charge < -0.3 is 10.2 Å². The Balaban J connectivity index is 1.33. The van der Waals surface area contributed by atoms with Crippen LogP contribution < -0.4 is 5.32 Å². The molecule has 1 aromatic rings. The van der Waals surface area contributed by atoms with Crippen molar-refractivity contribution in [2.75, 3.05) is 32.7 Å². The van der Waals surface area contributed by atoms with Crippen molar-refractivity contribution in [1.82, 2.24) is 15.1 Å². The Hall–Kier alpha value is -1.17. The minimum Gasteiger partial charge on any atom is -0.356 e. The van der Waals surface area contributed by atoms with E-state index in [0.717, 1.165) is 51.5 Å². The molecule has 2 fully saturated rings. The fraction of sp³-hybridized carbons (Fsp3) is 0.696. The molecule has 6 heteroatoms. The number of benzene rings is 1. The van der Waals surface area contributed by atoms with Gasteiger partial charge in [-0.25, -0.2) is 4.39 Å². The second-order valence-corrected chi connectivity index (χ2v) is 8.96. The molecule has 1 atom stereocenters. The summed E-state index contributed by atoms with van der Waals surface area (Å²) in [5.74, 6) is 0.0177. The summed E-state index contributed by atoms with van der Waals surface area (Å²) in [5, 5.41) is 3.57. The highest BCUT2D eigenvalue weighted by Gasteiger charge is 2.25. The highest BCUT2D eigenvalue weighted by molar-refractivity contribution is 6.30. The molecule has 3 rings (SSSR count). The molecule has 1 N–H and O–H groups in total. The lowest BCUT2D eigenvalue weighted by Gasteiger charge is -2.35. The summed E-state index contributed by atoms with van der Waals surface area (Å²) in [7, 11) is 0. The molecule has 0 saturated carbocycles. The van der Waals surface area contributed by atoms with E-state index < -0.39 is 0 Å². The quantitative estimate of drug-likeness (QED) is 0.627. The van der Waals surface area contributed by atoms with Gasteiger partial charge in [0, 0.05) is 42.2 Å². The number of piperidine rings is 2. The van der Waals surface area contributed by atoms with Gasteiger partial charge in [0.1, 0.15) is 5.82 Å². The molecule has 4 nitrogen and oxygen atoms in total. The topological polar surface area (TPSA) is 35.6 Å². The molecule has 0 bridgehead atoms. The molecular weight excluding hydrogens is 389 g/mol. The fourth-order valence-corrected chi connectivity index (χ4v) is 4.86. The van der Waals surface area contributed by atoms with Crippen molar-refractivity contribution >= 4 is 17.5 Å². The number of nitrogens with one attached hydrogen (secondary N) is 1. The van der Waals surface area contributed by atoms with Gasteiger partial charge in [-0.2, -0.15) is 0 Å². The van der Waals surface area contributed by atoms with Crippen LogP contribution in [0.5, 0.6) is 0 Å². The van der Waals surface area contributed by atoms with Crippen molar-refractivity contribution < 1.29 is 9.18 Å². The lowest BCUT2D eigenvalue weighted by molar-refractivity contribution is -0.126. The zero-order valence-corrected chi connectivity index (χ0v) is 18.4. The van der Waals surface area contributed by atoms with Crippen molar-refractivity contribution in [2.24, 2.45) is 5.92 Å². The van der Waals surface area contributed by atoms with Crippen LogP contribution in [0.15, 0.2) is 18.2 Å². The number of rotatable bonds is 8. The standard InChI is InChI=1S/C23H35ClFN3O/c1-2-21-6-3-4-12-28(21)13-5-11-26-23(29)18-9-14-27(15-10-18)17-19-7-8-20(24)16-22(19)25/h7-8,16,18,21H,2-6,9-15,17H2,1H3,(H,26,29)/t21-/m0/s1. The largest absolute Gasteiger partial charge is 0.356 e. The van der Waals surface area contributed by atoms with Gasteiger partial charge in [-0.1, -0.05) is 31.0 Å². The Morgan fingerprint density at radius 1 is 1.21 bits per heavy atom. The number of halogens is 2. The van der Waals surface area contributed by atoms with Crippen LogP contribution >= 0.6 is 11.6 Å². The molecule has 0 spiro atoms. The zero-order valence-electron chi connectivity index (χ0n) is 17.6. The van der Waals surface area contributed by atoms with Crippen LogP contribution in [0.1, 0.15) is 57.4 Å².